The first-order valence-electron chi connectivity index (χ1n) is 11.8. The fourth-order valence-corrected chi connectivity index (χ4v) is 6.56. The Hall–Kier alpha value is -3.61. The van der Waals surface area contributed by atoms with Gasteiger partial charge in [-0.3, -0.25) is 0 Å². The Kier molecular flexibility index (Phi) is 4.05. The van der Waals surface area contributed by atoms with Gasteiger partial charge in [0.2, 0.25) is 0 Å². The lowest BCUT2D eigenvalue weighted by atomic mass is 9.68. The van der Waals surface area contributed by atoms with Crippen LogP contribution in [0.15, 0.2) is 103 Å². The molecule has 0 amide bonds. The van der Waals surface area contributed by atoms with Crippen molar-refractivity contribution in [2.24, 2.45) is 0 Å². The molecule has 5 aromatic rings. The van der Waals surface area contributed by atoms with Gasteiger partial charge in [0.1, 0.15) is 0 Å². The molecular formula is C33H23Cl. The van der Waals surface area contributed by atoms with Crippen molar-refractivity contribution < 1.29 is 0 Å². The van der Waals surface area contributed by atoms with Crippen molar-refractivity contribution in [3.63, 3.8) is 0 Å². The summed E-state index contributed by atoms with van der Waals surface area (Å²) in [6.45, 7) is 4.40. The minimum absolute atomic E-state index is 0.354. The van der Waals surface area contributed by atoms with Gasteiger partial charge in [0.15, 0.2) is 0 Å². The Balaban J connectivity index is 1.72. The minimum Gasteiger partial charge on any atom is -0.0843 e. The van der Waals surface area contributed by atoms with E-state index in [1.807, 2.05) is 6.07 Å². The van der Waals surface area contributed by atoms with Crippen LogP contribution in [-0.2, 0) is 5.41 Å². The summed E-state index contributed by atoms with van der Waals surface area (Å²) in [5.41, 5.74) is 15.4. The summed E-state index contributed by atoms with van der Waals surface area (Å²) in [5.74, 6) is 0. The molecule has 0 aliphatic heterocycles. The third kappa shape index (κ3) is 2.44. The van der Waals surface area contributed by atoms with Gasteiger partial charge in [-0.05, 0) is 81.6 Å². The molecule has 0 N–H and O–H groups in total. The zero-order valence-corrected chi connectivity index (χ0v) is 19.9. The van der Waals surface area contributed by atoms with Gasteiger partial charge >= 0.3 is 0 Å². The van der Waals surface area contributed by atoms with E-state index in [1.165, 1.54) is 61.2 Å². The van der Waals surface area contributed by atoms with Gasteiger partial charge < -0.3 is 0 Å². The van der Waals surface area contributed by atoms with Crippen LogP contribution in [0.25, 0.3) is 33.4 Å². The fourth-order valence-electron chi connectivity index (χ4n) is 6.37. The molecule has 0 bridgehead atoms. The summed E-state index contributed by atoms with van der Waals surface area (Å²) in [6.07, 6.45) is 0. The van der Waals surface area contributed by atoms with Gasteiger partial charge in [-0.2, -0.15) is 0 Å². The number of rotatable bonds is 1. The van der Waals surface area contributed by atoms with Crippen LogP contribution in [0.1, 0.15) is 33.4 Å². The third-order valence-electron chi connectivity index (χ3n) is 7.64. The number of hydrogen-bond donors (Lipinski definition) is 0. The molecule has 0 radical (unpaired) electrons. The number of fused-ring (bicyclic) bond motifs is 10. The van der Waals surface area contributed by atoms with Crippen LogP contribution in [-0.4, -0.2) is 0 Å². The van der Waals surface area contributed by atoms with Crippen molar-refractivity contribution in [1.82, 2.24) is 0 Å². The maximum absolute atomic E-state index is 6.49. The number of aryl methyl sites for hydroxylation is 2. The standard InChI is InChI=1S/C33H23Cl/c1-20-13-15-26-27-16-14-21(2)18-31(27)33(30(26)17-20)29-12-4-3-9-25(29)28-11-6-10-24(32(28)33)22-7-5-8-23(34)19-22/h3-19H,1-2H3. The van der Waals surface area contributed by atoms with Crippen LogP contribution in [0.3, 0.4) is 0 Å². The summed E-state index contributed by atoms with van der Waals surface area (Å²) in [7, 11) is 0. The third-order valence-corrected chi connectivity index (χ3v) is 7.88. The van der Waals surface area contributed by atoms with Gasteiger partial charge in [0.25, 0.3) is 0 Å². The first-order chi connectivity index (χ1) is 16.6. The second-order valence-electron chi connectivity index (χ2n) is 9.63. The van der Waals surface area contributed by atoms with E-state index in [0.29, 0.717) is 0 Å². The summed E-state index contributed by atoms with van der Waals surface area (Å²) in [6, 6.07) is 37.9. The fraction of sp³-hybridized carbons (Fsp3) is 0.0909. The van der Waals surface area contributed by atoms with E-state index in [0.717, 1.165) is 10.6 Å². The van der Waals surface area contributed by atoms with E-state index >= 15 is 0 Å². The topological polar surface area (TPSA) is 0 Å². The summed E-state index contributed by atoms with van der Waals surface area (Å²) in [5, 5.41) is 0.763. The zero-order valence-electron chi connectivity index (χ0n) is 19.2. The molecule has 1 heteroatoms. The van der Waals surface area contributed by atoms with Crippen LogP contribution in [0.5, 0.6) is 0 Å². The Morgan fingerprint density at radius 3 is 1.79 bits per heavy atom. The molecule has 0 saturated heterocycles. The summed E-state index contributed by atoms with van der Waals surface area (Å²) >= 11 is 6.49. The van der Waals surface area contributed by atoms with Gasteiger partial charge in [0, 0.05) is 5.02 Å². The van der Waals surface area contributed by atoms with Gasteiger partial charge in [-0.15, -0.1) is 0 Å². The SMILES string of the molecule is Cc1ccc2c(c1)C1(c3cc(C)ccc3-2)c2ccccc2-c2cccc(-c3cccc(Cl)c3)c21. The molecule has 0 atom stereocenters. The molecule has 7 rings (SSSR count). The van der Waals surface area contributed by atoms with Crippen molar-refractivity contribution in [3.05, 3.63) is 142 Å². The van der Waals surface area contributed by atoms with Crippen LogP contribution in [0.2, 0.25) is 5.02 Å². The second kappa shape index (κ2) is 6.95. The monoisotopic (exact) mass is 454 g/mol. The number of halogens is 1. The number of benzene rings is 5. The van der Waals surface area contributed by atoms with E-state index in [4.69, 9.17) is 11.6 Å². The van der Waals surface area contributed by atoms with Crippen molar-refractivity contribution in [3.8, 4) is 33.4 Å². The van der Waals surface area contributed by atoms with E-state index in [2.05, 4.69) is 111 Å². The molecule has 0 aromatic heterocycles. The molecule has 0 saturated carbocycles. The highest BCUT2D eigenvalue weighted by Crippen LogP contribution is 2.64. The molecule has 1 spiro atoms. The summed E-state index contributed by atoms with van der Waals surface area (Å²) in [4.78, 5) is 0. The van der Waals surface area contributed by atoms with E-state index in [9.17, 15) is 0 Å². The van der Waals surface area contributed by atoms with Crippen molar-refractivity contribution >= 4 is 11.6 Å². The average Bonchev–Trinajstić information content (AvgIpc) is 3.30. The van der Waals surface area contributed by atoms with Crippen molar-refractivity contribution in [2.75, 3.05) is 0 Å². The lowest BCUT2D eigenvalue weighted by molar-refractivity contribution is 0.793. The van der Waals surface area contributed by atoms with Gasteiger partial charge in [0.05, 0.1) is 5.41 Å². The zero-order chi connectivity index (χ0) is 23.0. The smallest absolute Gasteiger partial charge is 0.0731 e. The molecule has 2 aliphatic carbocycles. The molecule has 0 heterocycles. The van der Waals surface area contributed by atoms with Crippen LogP contribution in [0, 0.1) is 13.8 Å². The Bertz CT molecular complexity index is 1590. The molecular weight excluding hydrogens is 432 g/mol. The normalized spacial score (nSPS) is 14.0. The maximum atomic E-state index is 6.49. The largest absolute Gasteiger partial charge is 0.0843 e. The van der Waals surface area contributed by atoms with Crippen molar-refractivity contribution in [2.45, 2.75) is 19.3 Å². The maximum Gasteiger partial charge on any atom is 0.0731 e. The van der Waals surface area contributed by atoms with E-state index < -0.39 is 0 Å². The van der Waals surface area contributed by atoms with E-state index in [1.54, 1.807) is 0 Å². The molecule has 0 nitrogen and oxygen atoms in total. The highest BCUT2D eigenvalue weighted by molar-refractivity contribution is 6.30. The molecule has 2 aliphatic rings. The number of hydrogen-bond acceptors (Lipinski definition) is 0. The highest BCUT2D eigenvalue weighted by Gasteiger charge is 2.52. The Morgan fingerprint density at radius 2 is 1.09 bits per heavy atom. The van der Waals surface area contributed by atoms with Gasteiger partial charge in [-0.1, -0.05) is 114 Å². The van der Waals surface area contributed by atoms with E-state index in [-0.39, 0.29) is 5.41 Å². The predicted octanol–water partition coefficient (Wildman–Crippen LogP) is 8.97. The van der Waals surface area contributed by atoms with Crippen molar-refractivity contribution in [1.29, 1.82) is 0 Å². The lowest BCUT2D eigenvalue weighted by Crippen LogP contribution is -2.27. The second-order valence-corrected chi connectivity index (χ2v) is 10.1. The van der Waals surface area contributed by atoms with Gasteiger partial charge in [-0.25, -0.2) is 0 Å². The quantitative estimate of drug-likeness (QED) is 0.232. The first-order valence-corrected chi connectivity index (χ1v) is 12.2. The molecule has 0 fully saturated rings. The highest BCUT2D eigenvalue weighted by atomic mass is 35.5. The average molecular weight is 455 g/mol. The Morgan fingerprint density at radius 1 is 0.500 bits per heavy atom. The molecule has 162 valence electrons. The molecule has 0 unspecified atom stereocenters. The minimum atomic E-state index is -0.354. The van der Waals surface area contributed by atoms with Crippen LogP contribution >= 0.6 is 11.6 Å². The molecule has 34 heavy (non-hydrogen) atoms. The predicted molar refractivity (Wildman–Crippen MR) is 143 cm³/mol. The van der Waals surface area contributed by atoms with Crippen LogP contribution < -0.4 is 0 Å². The summed E-state index contributed by atoms with van der Waals surface area (Å²) < 4.78 is 0. The van der Waals surface area contributed by atoms with Crippen LogP contribution in [0.4, 0.5) is 0 Å². The Labute approximate surface area is 205 Å². The molecule has 5 aromatic carbocycles. The lowest BCUT2D eigenvalue weighted by Gasteiger charge is -2.32. The first kappa shape index (κ1) is 19.8.